The number of aryl methyl sites for hydroxylation is 1. The standard InChI is InChI=1S/C63H83N9O17S/c1-15-70(60(80)89-62(9,10)11)48-26-42(63(33-82-34-63)28-50-68-66-35-69(50)12)27-49(67-48)71-29-45-43(56(71)77)24-41(25-47(45)90-14)32-72(22-16-17-36(2)30-72)31-40-18-19-46(44(23-40)55(76)64-20-21-65-59(79)88-61(6,7)8)86-58-54(85-39(5)75)52(84-38(4)74)51(83-37(3)73)53(87-58)57(78)81-13/h18-19,23-27,35-36,51-54,58H,15-17,20-22,28-34H2,1-14H3,(H-,64,65,76,79)/p+1/t36-,51-,52-,53-,54+,58+,72?/m0/s1. The van der Waals surface area contributed by atoms with E-state index in [0.717, 1.165) is 81.2 Å². The Balaban J connectivity index is 1.15. The number of aromatic nitrogens is 4. The number of quaternary nitrogens is 1. The van der Waals surface area contributed by atoms with Crippen LogP contribution in [0.5, 0.6) is 5.75 Å². The van der Waals surface area contributed by atoms with Crippen LogP contribution in [0.3, 0.4) is 0 Å². The van der Waals surface area contributed by atoms with Crippen molar-refractivity contribution in [3.8, 4) is 5.75 Å². The summed E-state index contributed by atoms with van der Waals surface area (Å²) in [5.74, 6) is -3.00. The monoisotopic (exact) mass is 1270 g/mol. The highest BCUT2D eigenvalue weighted by Crippen LogP contribution is 2.43. The zero-order valence-corrected chi connectivity index (χ0v) is 54.6. The molecule has 4 aliphatic heterocycles. The number of anilines is 2. The molecule has 4 aliphatic rings. The van der Waals surface area contributed by atoms with Gasteiger partial charge in [0.05, 0.1) is 45.5 Å². The highest BCUT2D eigenvalue weighted by Gasteiger charge is 2.56. The predicted octanol–water partition coefficient (Wildman–Crippen LogP) is 6.64. The third kappa shape index (κ3) is 16.4. The Morgan fingerprint density at radius 3 is 2.12 bits per heavy atom. The van der Waals surface area contributed by atoms with Gasteiger partial charge in [-0.2, -0.15) is 0 Å². The number of rotatable bonds is 21. The van der Waals surface area contributed by atoms with Gasteiger partial charge < -0.3 is 62.3 Å². The van der Waals surface area contributed by atoms with Gasteiger partial charge in [0.1, 0.15) is 53.8 Å². The molecule has 0 aliphatic carbocycles. The maximum Gasteiger partial charge on any atom is 0.415 e. The molecule has 2 aromatic heterocycles. The first kappa shape index (κ1) is 68.0. The summed E-state index contributed by atoms with van der Waals surface area (Å²) in [6, 6.07) is 12.9. The molecule has 7 atom stereocenters. The van der Waals surface area contributed by atoms with Crippen LogP contribution in [0.4, 0.5) is 21.2 Å². The number of nitrogens with zero attached hydrogens (tertiary/aromatic N) is 7. The molecule has 8 rings (SSSR count). The number of piperidine rings is 1. The molecule has 0 radical (unpaired) electrons. The maximum absolute atomic E-state index is 15.2. The number of hydrogen-bond donors (Lipinski definition) is 2. The molecule has 0 spiro atoms. The van der Waals surface area contributed by atoms with Crippen LogP contribution in [0.1, 0.15) is 138 Å². The van der Waals surface area contributed by atoms with Crippen molar-refractivity contribution in [3.05, 3.63) is 88.0 Å². The fraction of sp³-hybridized carbons (Fsp3) is 0.571. The molecule has 0 saturated carbocycles. The van der Waals surface area contributed by atoms with E-state index in [-0.39, 0.29) is 49.3 Å². The largest absolute Gasteiger partial charge is 0.467 e. The number of nitrogens with one attached hydrogen (secondary N) is 2. The van der Waals surface area contributed by atoms with Crippen molar-refractivity contribution in [2.45, 2.75) is 167 Å². The molecular formula is C63H84N9O17S+. The molecule has 3 saturated heterocycles. The van der Waals surface area contributed by atoms with E-state index in [4.69, 9.17) is 47.6 Å². The highest BCUT2D eigenvalue weighted by atomic mass is 32.2. The molecule has 4 amide bonds. The number of alkyl carbamates (subject to hydrolysis) is 1. The zero-order chi connectivity index (χ0) is 65.6. The predicted molar refractivity (Wildman–Crippen MR) is 326 cm³/mol. The molecule has 6 heterocycles. The van der Waals surface area contributed by atoms with E-state index in [9.17, 15) is 33.6 Å². The zero-order valence-electron chi connectivity index (χ0n) is 53.8. The fourth-order valence-corrected chi connectivity index (χ4v) is 12.6. The molecule has 2 aromatic carbocycles. The molecule has 0 bridgehead atoms. The lowest BCUT2D eigenvalue weighted by atomic mass is 9.75. The average Bonchev–Trinajstić information content (AvgIpc) is 1.36. The number of pyridine rings is 1. The van der Waals surface area contributed by atoms with E-state index in [0.29, 0.717) is 60.0 Å². The summed E-state index contributed by atoms with van der Waals surface area (Å²) in [6.45, 7) is 21.3. The van der Waals surface area contributed by atoms with Gasteiger partial charge >= 0.3 is 36.1 Å². The molecule has 26 nitrogen and oxygen atoms in total. The fourth-order valence-electron chi connectivity index (χ4n) is 11.9. The number of methoxy groups -OCH3 is 1. The van der Waals surface area contributed by atoms with Crippen LogP contribution in [0.2, 0.25) is 0 Å². The number of hydrogen-bond acceptors (Lipinski definition) is 21. The van der Waals surface area contributed by atoms with Gasteiger partial charge in [-0.3, -0.25) is 33.8 Å². The Hall–Kier alpha value is -7.88. The smallest absolute Gasteiger partial charge is 0.415 e. The van der Waals surface area contributed by atoms with E-state index in [1.807, 2.05) is 43.0 Å². The Morgan fingerprint density at radius 1 is 0.856 bits per heavy atom. The molecule has 2 N–H and O–H groups in total. The summed E-state index contributed by atoms with van der Waals surface area (Å²) < 4.78 is 53.8. The van der Waals surface area contributed by atoms with Gasteiger partial charge in [0.15, 0.2) is 18.3 Å². The summed E-state index contributed by atoms with van der Waals surface area (Å²) in [7, 11) is 2.95. The highest BCUT2D eigenvalue weighted by molar-refractivity contribution is 7.98. The van der Waals surface area contributed by atoms with Crippen molar-refractivity contribution < 1.29 is 85.5 Å². The van der Waals surface area contributed by atoms with E-state index < -0.39 is 89.3 Å². The SMILES string of the molecule is CCN(C(=O)OC(C)(C)C)c1cc(C2(Cc3nncn3C)COC2)cc(N2Cc3c(SC)cc(C[N+]4(Cc5ccc(O[C@@H]6O[C@H](C(=O)OC)[C@@H](OC(C)=O)[C@H](OC(C)=O)[C@H]6OC(C)=O)c(C(=O)NCCNC(=O)OC(C)(C)C)c5)CCC[C@H](C)C4)cc3C2=O)n1. The number of thioether (sulfide) groups is 1. The second kappa shape index (κ2) is 28.1. The Kier molecular flexibility index (Phi) is 21.2. The summed E-state index contributed by atoms with van der Waals surface area (Å²) in [5.41, 5.74) is 1.65. The first-order valence-corrected chi connectivity index (χ1v) is 31.3. The van der Waals surface area contributed by atoms with Crippen LogP contribution >= 0.6 is 11.8 Å². The first-order chi connectivity index (χ1) is 42.4. The molecule has 90 heavy (non-hydrogen) atoms. The average molecular weight is 1270 g/mol. The van der Waals surface area contributed by atoms with E-state index >= 15 is 4.79 Å². The van der Waals surface area contributed by atoms with Crippen LogP contribution in [-0.2, 0) is 95.6 Å². The molecule has 27 heteroatoms. The number of carbonyl (C=O) groups excluding carboxylic acids is 8. The number of esters is 4. The minimum atomic E-state index is -1.78. The molecule has 4 aromatic rings. The van der Waals surface area contributed by atoms with Gasteiger partial charge in [0, 0.05) is 86.8 Å². The van der Waals surface area contributed by atoms with Crippen molar-refractivity contribution in [1.82, 2.24) is 30.4 Å². The second-order valence-corrected chi connectivity index (χ2v) is 26.3. The van der Waals surface area contributed by atoms with Gasteiger partial charge in [-0.15, -0.1) is 22.0 Å². The molecular weight excluding hydrogens is 1190 g/mol. The normalized spacial score (nSPS) is 22.0. The lowest BCUT2D eigenvalue weighted by molar-refractivity contribution is -0.960. The van der Waals surface area contributed by atoms with E-state index in [1.165, 1.54) is 16.7 Å². The summed E-state index contributed by atoms with van der Waals surface area (Å²) in [4.78, 5) is 117. The Labute approximate surface area is 528 Å². The van der Waals surface area contributed by atoms with Gasteiger partial charge in [-0.25, -0.2) is 19.4 Å². The van der Waals surface area contributed by atoms with Crippen LogP contribution in [0.15, 0.2) is 53.7 Å². The van der Waals surface area contributed by atoms with Crippen molar-refractivity contribution in [2.75, 3.05) is 69.1 Å². The van der Waals surface area contributed by atoms with Crippen LogP contribution in [0.25, 0.3) is 0 Å². The van der Waals surface area contributed by atoms with Crippen LogP contribution in [0, 0.1) is 5.92 Å². The summed E-state index contributed by atoms with van der Waals surface area (Å²) >= 11 is 1.54. The van der Waals surface area contributed by atoms with Crippen LogP contribution < -0.4 is 25.2 Å². The number of likely N-dealkylation sites (tertiary alicyclic amines) is 1. The van der Waals surface area contributed by atoms with Crippen molar-refractivity contribution >= 4 is 71.3 Å². The summed E-state index contributed by atoms with van der Waals surface area (Å²) in [6.07, 6.45) is -3.86. The van der Waals surface area contributed by atoms with E-state index in [2.05, 4.69) is 33.8 Å². The number of fused-ring (bicyclic) bond motifs is 1. The third-order valence-corrected chi connectivity index (χ3v) is 16.5. The lowest BCUT2D eigenvalue weighted by Gasteiger charge is -2.44. The topological polar surface area (TPSA) is 294 Å². The van der Waals surface area contributed by atoms with E-state index in [1.54, 1.807) is 71.0 Å². The quantitative estimate of drug-likeness (QED) is 0.0290. The number of ether oxygens (including phenoxy) is 9. The number of benzene rings is 2. The van der Waals surface area contributed by atoms with Crippen molar-refractivity contribution in [2.24, 2.45) is 13.0 Å². The van der Waals surface area contributed by atoms with Crippen LogP contribution in [-0.4, -0.2) is 173 Å². The minimum Gasteiger partial charge on any atom is -0.467 e. The van der Waals surface area contributed by atoms with Crippen molar-refractivity contribution in [1.29, 1.82) is 0 Å². The Bertz CT molecular complexity index is 3360. The second-order valence-electron chi connectivity index (χ2n) is 25.4. The van der Waals surface area contributed by atoms with Crippen molar-refractivity contribution in [3.63, 3.8) is 0 Å². The first-order valence-electron chi connectivity index (χ1n) is 30.0. The lowest BCUT2D eigenvalue weighted by Crippen LogP contribution is -2.64. The molecule has 1 unspecified atom stereocenters. The number of amides is 4. The minimum absolute atomic E-state index is 0.0213. The molecule has 488 valence electrons. The maximum atomic E-state index is 15.2. The van der Waals surface area contributed by atoms with Gasteiger partial charge in [0.2, 0.25) is 12.4 Å². The molecule has 3 fully saturated rings. The van der Waals surface area contributed by atoms with Gasteiger partial charge in [-0.05, 0) is 121 Å². The summed E-state index contributed by atoms with van der Waals surface area (Å²) in [5, 5.41) is 14.0. The third-order valence-electron chi connectivity index (χ3n) is 15.7. The van der Waals surface area contributed by atoms with Gasteiger partial charge in [-0.1, -0.05) is 6.92 Å². The number of carbonyl (C=O) groups is 8. The Morgan fingerprint density at radius 2 is 1.52 bits per heavy atom. The van der Waals surface area contributed by atoms with Gasteiger partial charge in [0.25, 0.3) is 11.8 Å².